The number of imidazole rings is 1. The number of esters is 1. The summed E-state index contributed by atoms with van der Waals surface area (Å²) in [5.41, 5.74) is 2.54. The highest BCUT2D eigenvalue weighted by Crippen LogP contribution is 2.37. The quantitative estimate of drug-likeness (QED) is 0.654. The van der Waals surface area contributed by atoms with Crippen LogP contribution in [0.15, 0.2) is 24.5 Å². The fourth-order valence-electron chi connectivity index (χ4n) is 3.83. The molecule has 1 aromatic carbocycles. The van der Waals surface area contributed by atoms with Gasteiger partial charge in [-0.1, -0.05) is 20.3 Å². The van der Waals surface area contributed by atoms with Crippen LogP contribution in [0.1, 0.15) is 43.3 Å². The van der Waals surface area contributed by atoms with Gasteiger partial charge in [0.1, 0.15) is 23.6 Å². The molecule has 1 unspecified atom stereocenters. The Kier molecular flexibility index (Phi) is 7.04. The number of rotatable bonds is 7. The number of fused-ring (bicyclic) bond motifs is 1. The van der Waals surface area contributed by atoms with Crippen molar-refractivity contribution in [2.45, 2.75) is 38.8 Å². The summed E-state index contributed by atoms with van der Waals surface area (Å²) in [5, 5.41) is 2.88. The van der Waals surface area contributed by atoms with Crippen molar-refractivity contribution >= 4 is 12.0 Å². The molecule has 2 aromatic rings. The molecular formula is C22H30N4O5. The molecule has 9 heteroatoms. The number of benzene rings is 1. The Hall–Kier alpha value is -3.23. The summed E-state index contributed by atoms with van der Waals surface area (Å²) in [7, 11) is 4.49. The van der Waals surface area contributed by atoms with E-state index in [-0.39, 0.29) is 11.9 Å². The number of carbonyl (C=O) groups excluding carboxylic acids is 2. The molecule has 0 saturated heterocycles. The second kappa shape index (κ2) is 9.72. The molecule has 0 fully saturated rings. The van der Waals surface area contributed by atoms with Gasteiger partial charge >= 0.3 is 12.0 Å². The lowest BCUT2D eigenvalue weighted by Crippen LogP contribution is -2.53. The Balaban J connectivity index is 1.99. The van der Waals surface area contributed by atoms with Gasteiger partial charge in [0.25, 0.3) is 0 Å². The van der Waals surface area contributed by atoms with Crippen molar-refractivity contribution in [1.29, 1.82) is 0 Å². The first kappa shape index (κ1) is 22.5. The number of methoxy groups -OCH3 is 3. The summed E-state index contributed by atoms with van der Waals surface area (Å²) in [6.45, 7) is 4.34. The zero-order chi connectivity index (χ0) is 22.5. The monoisotopic (exact) mass is 430 g/mol. The molecule has 0 aliphatic carbocycles. The van der Waals surface area contributed by atoms with E-state index in [2.05, 4.69) is 15.3 Å². The van der Waals surface area contributed by atoms with E-state index >= 15 is 0 Å². The first-order valence-electron chi connectivity index (χ1n) is 10.3. The van der Waals surface area contributed by atoms with E-state index in [9.17, 15) is 9.59 Å². The first-order chi connectivity index (χ1) is 14.9. The molecule has 0 radical (unpaired) electrons. The Labute approximate surface area is 182 Å². The van der Waals surface area contributed by atoms with Crippen LogP contribution < -0.4 is 14.8 Å². The Bertz CT molecular complexity index is 906. The van der Waals surface area contributed by atoms with Gasteiger partial charge in [-0.15, -0.1) is 0 Å². The second-order valence-corrected chi connectivity index (χ2v) is 7.59. The topological polar surface area (TPSA) is 106 Å². The molecule has 0 spiro atoms. The number of hydrogen-bond acceptors (Lipinski definition) is 6. The van der Waals surface area contributed by atoms with Crippen LogP contribution >= 0.6 is 0 Å². The number of urea groups is 1. The van der Waals surface area contributed by atoms with Gasteiger partial charge in [0.2, 0.25) is 0 Å². The number of nitrogens with zero attached hydrogens (tertiary/aromatic N) is 2. The predicted molar refractivity (Wildman–Crippen MR) is 114 cm³/mol. The number of amides is 2. The lowest BCUT2D eigenvalue weighted by Gasteiger charge is -2.36. The van der Waals surface area contributed by atoms with E-state index in [1.807, 2.05) is 26.0 Å². The van der Waals surface area contributed by atoms with Crippen molar-refractivity contribution in [1.82, 2.24) is 20.2 Å². The van der Waals surface area contributed by atoms with Gasteiger partial charge in [-0.05, 0) is 23.6 Å². The number of H-pyrrole nitrogens is 1. The van der Waals surface area contributed by atoms with E-state index in [0.29, 0.717) is 24.5 Å². The summed E-state index contributed by atoms with van der Waals surface area (Å²) in [6.07, 6.45) is 2.99. The molecule has 2 N–H and O–H groups in total. The van der Waals surface area contributed by atoms with Crippen LogP contribution in [0.3, 0.4) is 0 Å². The molecule has 3 atom stereocenters. The third-order valence-corrected chi connectivity index (χ3v) is 5.82. The molecular weight excluding hydrogens is 400 g/mol. The molecule has 168 valence electrons. The fourth-order valence-corrected chi connectivity index (χ4v) is 3.83. The maximum Gasteiger partial charge on any atom is 0.328 e. The molecule has 2 amide bonds. The highest BCUT2D eigenvalue weighted by Gasteiger charge is 2.37. The lowest BCUT2D eigenvalue weighted by atomic mass is 9.95. The van der Waals surface area contributed by atoms with Crippen LogP contribution in [-0.2, 0) is 16.0 Å². The summed E-state index contributed by atoms with van der Waals surface area (Å²) in [4.78, 5) is 35.0. The largest absolute Gasteiger partial charge is 0.497 e. The average Bonchev–Trinajstić information content (AvgIpc) is 3.29. The molecule has 0 bridgehead atoms. The minimum atomic E-state index is -0.733. The highest BCUT2D eigenvalue weighted by atomic mass is 16.5. The van der Waals surface area contributed by atoms with E-state index in [0.717, 1.165) is 23.4 Å². The number of carbonyl (C=O) groups is 2. The highest BCUT2D eigenvalue weighted by molar-refractivity contribution is 5.84. The van der Waals surface area contributed by atoms with Crippen molar-refractivity contribution < 1.29 is 23.8 Å². The van der Waals surface area contributed by atoms with Gasteiger partial charge in [-0.2, -0.15) is 0 Å². The Morgan fingerprint density at radius 2 is 1.90 bits per heavy atom. The fraction of sp³-hybridized carbons (Fsp3) is 0.500. The maximum atomic E-state index is 13.4. The van der Waals surface area contributed by atoms with Crippen LogP contribution in [0, 0.1) is 5.92 Å². The summed E-state index contributed by atoms with van der Waals surface area (Å²) in [6, 6.07) is 3.96. The number of aromatic amines is 1. The van der Waals surface area contributed by atoms with E-state index < -0.39 is 18.1 Å². The number of aromatic nitrogens is 2. The van der Waals surface area contributed by atoms with E-state index in [1.165, 1.54) is 7.11 Å². The minimum absolute atomic E-state index is 0.0718. The maximum absolute atomic E-state index is 13.4. The first-order valence-corrected chi connectivity index (χ1v) is 10.3. The van der Waals surface area contributed by atoms with Gasteiger partial charge in [0.15, 0.2) is 0 Å². The van der Waals surface area contributed by atoms with Crippen LogP contribution in [0.25, 0.3) is 0 Å². The van der Waals surface area contributed by atoms with Crippen molar-refractivity contribution in [3.8, 4) is 11.5 Å². The molecule has 1 aliphatic rings. The van der Waals surface area contributed by atoms with E-state index in [1.54, 1.807) is 31.5 Å². The van der Waals surface area contributed by atoms with Crippen molar-refractivity contribution in [3.05, 3.63) is 41.5 Å². The van der Waals surface area contributed by atoms with Gasteiger partial charge in [-0.3, -0.25) is 0 Å². The smallest absolute Gasteiger partial charge is 0.328 e. The van der Waals surface area contributed by atoms with Gasteiger partial charge in [-0.25, -0.2) is 14.6 Å². The third-order valence-electron chi connectivity index (χ3n) is 5.82. The zero-order valence-electron chi connectivity index (χ0n) is 18.6. The number of nitrogens with one attached hydrogen (secondary N) is 2. The summed E-state index contributed by atoms with van der Waals surface area (Å²) < 4.78 is 15.8. The SMILES string of the molecule is CC[C@@H](C)[C@H](NC(=O)N1CCc2[nH]cnc2C1c1cc(OC)cc(OC)c1)C(=O)OC. The summed E-state index contributed by atoms with van der Waals surface area (Å²) in [5.74, 6) is 0.700. The minimum Gasteiger partial charge on any atom is -0.497 e. The van der Waals surface area contributed by atoms with Crippen LogP contribution in [0.4, 0.5) is 4.79 Å². The van der Waals surface area contributed by atoms with Crippen molar-refractivity contribution in [2.75, 3.05) is 27.9 Å². The zero-order valence-corrected chi connectivity index (χ0v) is 18.6. The molecule has 2 heterocycles. The van der Waals surface area contributed by atoms with Gasteiger partial charge < -0.3 is 29.4 Å². The number of hydrogen-bond donors (Lipinski definition) is 2. The molecule has 9 nitrogen and oxygen atoms in total. The average molecular weight is 431 g/mol. The Morgan fingerprint density at radius 3 is 2.48 bits per heavy atom. The molecule has 1 aliphatic heterocycles. The molecule has 0 saturated carbocycles. The van der Waals surface area contributed by atoms with Crippen molar-refractivity contribution in [2.24, 2.45) is 5.92 Å². The predicted octanol–water partition coefficient (Wildman–Crippen LogP) is 2.67. The summed E-state index contributed by atoms with van der Waals surface area (Å²) >= 11 is 0. The standard InChI is InChI=1S/C22H30N4O5/c1-6-13(2)18(21(27)31-5)25-22(28)26-8-7-17-19(24-12-23-17)20(26)14-9-15(29-3)11-16(10-14)30-4/h9-13,18,20H,6-8H2,1-5H3,(H,23,24)(H,25,28)/t13-,18+,20?/m1/s1. The lowest BCUT2D eigenvalue weighted by molar-refractivity contribution is -0.144. The van der Waals surface area contributed by atoms with Gasteiger partial charge in [0, 0.05) is 24.7 Å². The van der Waals surface area contributed by atoms with Gasteiger partial charge in [0.05, 0.1) is 33.4 Å². The molecule has 1 aromatic heterocycles. The number of ether oxygens (including phenoxy) is 3. The molecule has 31 heavy (non-hydrogen) atoms. The molecule has 3 rings (SSSR count). The van der Waals surface area contributed by atoms with Crippen molar-refractivity contribution in [3.63, 3.8) is 0 Å². The third kappa shape index (κ3) is 4.60. The van der Waals surface area contributed by atoms with Crippen LogP contribution in [-0.4, -0.2) is 60.8 Å². The normalized spacial score (nSPS) is 17.3. The van der Waals surface area contributed by atoms with Crippen LogP contribution in [0.2, 0.25) is 0 Å². The van der Waals surface area contributed by atoms with Crippen LogP contribution in [0.5, 0.6) is 11.5 Å². The second-order valence-electron chi connectivity index (χ2n) is 7.59. The Morgan fingerprint density at radius 1 is 1.23 bits per heavy atom. The van der Waals surface area contributed by atoms with E-state index in [4.69, 9.17) is 14.2 Å².